The van der Waals surface area contributed by atoms with Crippen molar-refractivity contribution in [1.82, 2.24) is 14.8 Å². The topological polar surface area (TPSA) is 50.7 Å². The van der Waals surface area contributed by atoms with E-state index in [0.29, 0.717) is 11.7 Å². The molecule has 2 aromatic rings. The molecule has 0 aromatic carbocycles. The lowest BCUT2D eigenvalue weighted by Gasteiger charge is -2.01. The van der Waals surface area contributed by atoms with Gasteiger partial charge in [0, 0.05) is 23.9 Å². The minimum Gasteiger partial charge on any atom is -0.293 e. The Labute approximate surface area is 92.9 Å². The third-order valence-electron chi connectivity index (χ3n) is 2.89. The number of rotatable bonds is 2. The molecule has 4 heteroatoms. The molecule has 0 spiro atoms. The van der Waals surface area contributed by atoms with Crippen molar-refractivity contribution >= 4 is 0 Å². The molecule has 16 heavy (non-hydrogen) atoms. The van der Waals surface area contributed by atoms with E-state index in [9.17, 15) is 4.79 Å². The second kappa shape index (κ2) is 3.33. The highest BCUT2D eigenvalue weighted by Gasteiger charge is 2.26. The van der Waals surface area contributed by atoms with E-state index in [-0.39, 0.29) is 5.56 Å². The van der Waals surface area contributed by atoms with E-state index in [4.69, 9.17) is 0 Å². The van der Waals surface area contributed by atoms with Gasteiger partial charge in [0.1, 0.15) is 0 Å². The van der Waals surface area contributed by atoms with Crippen molar-refractivity contribution in [3.8, 4) is 5.82 Å². The second-order valence-corrected chi connectivity index (χ2v) is 4.35. The van der Waals surface area contributed by atoms with Gasteiger partial charge in [-0.3, -0.25) is 9.89 Å². The van der Waals surface area contributed by atoms with Crippen LogP contribution in [0, 0.1) is 6.92 Å². The van der Waals surface area contributed by atoms with Crippen molar-refractivity contribution in [1.29, 1.82) is 0 Å². The number of hydrogen-bond acceptors (Lipinski definition) is 2. The van der Waals surface area contributed by atoms with Gasteiger partial charge in [-0.25, -0.2) is 9.67 Å². The predicted octanol–water partition coefficient (Wildman–Crippen LogP) is 1.75. The molecular formula is C12H13N3O. The summed E-state index contributed by atoms with van der Waals surface area (Å²) < 4.78 is 1.51. The largest absolute Gasteiger partial charge is 0.293 e. The highest BCUT2D eigenvalue weighted by atomic mass is 16.1. The summed E-state index contributed by atoms with van der Waals surface area (Å²) in [6.45, 7) is 1.99. The van der Waals surface area contributed by atoms with Crippen LogP contribution < -0.4 is 5.56 Å². The number of pyridine rings is 1. The van der Waals surface area contributed by atoms with Crippen LogP contribution in [0.2, 0.25) is 0 Å². The first-order valence-electron chi connectivity index (χ1n) is 5.49. The summed E-state index contributed by atoms with van der Waals surface area (Å²) in [6.07, 6.45) is 4.08. The van der Waals surface area contributed by atoms with Crippen LogP contribution in [-0.2, 0) is 0 Å². The van der Waals surface area contributed by atoms with Gasteiger partial charge >= 0.3 is 0 Å². The van der Waals surface area contributed by atoms with Crippen molar-refractivity contribution in [3.05, 3.63) is 46.0 Å². The van der Waals surface area contributed by atoms with E-state index < -0.39 is 0 Å². The quantitative estimate of drug-likeness (QED) is 0.829. The van der Waals surface area contributed by atoms with E-state index in [0.717, 1.165) is 11.3 Å². The predicted molar refractivity (Wildman–Crippen MR) is 60.9 cm³/mol. The van der Waals surface area contributed by atoms with E-state index in [2.05, 4.69) is 10.1 Å². The van der Waals surface area contributed by atoms with Gasteiger partial charge in [0.05, 0.1) is 0 Å². The molecule has 1 aliphatic rings. The smallest absolute Gasteiger partial charge is 0.272 e. The van der Waals surface area contributed by atoms with E-state index in [1.54, 1.807) is 12.3 Å². The molecule has 0 aliphatic heterocycles. The Kier molecular flexibility index (Phi) is 1.96. The van der Waals surface area contributed by atoms with Crippen molar-refractivity contribution in [3.63, 3.8) is 0 Å². The lowest BCUT2D eigenvalue weighted by atomic mass is 10.3. The van der Waals surface area contributed by atoms with Crippen molar-refractivity contribution in [2.45, 2.75) is 25.7 Å². The molecule has 1 aliphatic carbocycles. The first kappa shape index (κ1) is 9.39. The standard InChI is InChI=1S/C12H13N3O/c1-8-4-5-13-11(6-8)15-12(16)7-10(14-15)9-2-3-9/h4-7,9,14H,2-3H2,1H3. The first-order chi connectivity index (χ1) is 7.74. The Balaban J connectivity index is 2.08. The fraction of sp³-hybridized carbons (Fsp3) is 0.333. The molecule has 1 saturated carbocycles. The van der Waals surface area contributed by atoms with Gasteiger partial charge in [-0.2, -0.15) is 0 Å². The monoisotopic (exact) mass is 215 g/mol. The van der Waals surface area contributed by atoms with Crippen LogP contribution in [0.1, 0.15) is 30.0 Å². The summed E-state index contributed by atoms with van der Waals surface area (Å²) in [5.41, 5.74) is 2.10. The van der Waals surface area contributed by atoms with Crippen LogP contribution in [0.25, 0.3) is 5.82 Å². The van der Waals surface area contributed by atoms with Crippen LogP contribution >= 0.6 is 0 Å². The zero-order chi connectivity index (χ0) is 11.1. The lowest BCUT2D eigenvalue weighted by Crippen LogP contribution is -2.14. The van der Waals surface area contributed by atoms with Crippen LogP contribution in [0.3, 0.4) is 0 Å². The first-order valence-corrected chi connectivity index (χ1v) is 5.49. The molecule has 0 saturated heterocycles. The maximum absolute atomic E-state index is 11.8. The number of aromatic amines is 1. The molecule has 2 aromatic heterocycles. The summed E-state index contributed by atoms with van der Waals surface area (Å²) in [5.74, 6) is 1.22. The Morgan fingerprint density at radius 3 is 2.94 bits per heavy atom. The van der Waals surface area contributed by atoms with Crippen molar-refractivity contribution < 1.29 is 0 Å². The third kappa shape index (κ3) is 1.56. The molecule has 82 valence electrons. The maximum atomic E-state index is 11.8. The highest BCUT2D eigenvalue weighted by Crippen LogP contribution is 2.38. The Hall–Kier alpha value is -1.84. The molecule has 0 atom stereocenters. The number of hydrogen-bond donors (Lipinski definition) is 1. The molecule has 2 heterocycles. The van der Waals surface area contributed by atoms with E-state index in [1.807, 2.05) is 19.1 Å². The van der Waals surface area contributed by atoms with Gasteiger partial charge in [-0.1, -0.05) is 0 Å². The average molecular weight is 215 g/mol. The molecule has 3 rings (SSSR count). The van der Waals surface area contributed by atoms with Crippen molar-refractivity contribution in [2.75, 3.05) is 0 Å². The Bertz CT molecular complexity index is 578. The fourth-order valence-electron chi connectivity index (χ4n) is 1.83. The van der Waals surface area contributed by atoms with Gasteiger partial charge in [-0.15, -0.1) is 0 Å². The SMILES string of the molecule is Cc1ccnc(-n2[nH]c(C3CC3)cc2=O)c1. The molecule has 1 fully saturated rings. The third-order valence-corrected chi connectivity index (χ3v) is 2.89. The van der Waals surface area contributed by atoms with Crippen LogP contribution in [-0.4, -0.2) is 14.8 Å². The number of nitrogens with one attached hydrogen (secondary N) is 1. The van der Waals surface area contributed by atoms with E-state index >= 15 is 0 Å². The summed E-state index contributed by atoms with van der Waals surface area (Å²) >= 11 is 0. The van der Waals surface area contributed by atoms with E-state index in [1.165, 1.54) is 17.5 Å². The summed E-state index contributed by atoms with van der Waals surface area (Å²) in [5, 5.41) is 3.13. The van der Waals surface area contributed by atoms with Crippen LogP contribution in [0.4, 0.5) is 0 Å². The molecule has 0 radical (unpaired) electrons. The summed E-state index contributed by atoms with van der Waals surface area (Å²) in [6, 6.07) is 5.50. The van der Waals surface area contributed by atoms with Gasteiger partial charge in [-0.05, 0) is 37.5 Å². The highest BCUT2D eigenvalue weighted by molar-refractivity contribution is 5.27. The number of H-pyrrole nitrogens is 1. The molecular weight excluding hydrogens is 202 g/mol. The average Bonchev–Trinajstić information content (AvgIpc) is 3.02. The van der Waals surface area contributed by atoms with Gasteiger partial charge < -0.3 is 0 Å². The zero-order valence-electron chi connectivity index (χ0n) is 9.10. The summed E-state index contributed by atoms with van der Waals surface area (Å²) in [7, 11) is 0. The minimum atomic E-state index is -0.0278. The van der Waals surface area contributed by atoms with Crippen LogP contribution in [0.5, 0.6) is 0 Å². The van der Waals surface area contributed by atoms with Gasteiger partial charge in [0.15, 0.2) is 5.82 Å². The number of nitrogens with zero attached hydrogens (tertiary/aromatic N) is 2. The van der Waals surface area contributed by atoms with Crippen LogP contribution in [0.15, 0.2) is 29.2 Å². The minimum absolute atomic E-state index is 0.0278. The maximum Gasteiger partial charge on any atom is 0.272 e. The van der Waals surface area contributed by atoms with Gasteiger partial charge in [0.25, 0.3) is 5.56 Å². The Morgan fingerprint density at radius 1 is 1.44 bits per heavy atom. The molecule has 0 bridgehead atoms. The molecule has 0 unspecified atom stereocenters. The fourth-order valence-corrected chi connectivity index (χ4v) is 1.83. The number of aryl methyl sites for hydroxylation is 1. The lowest BCUT2D eigenvalue weighted by molar-refractivity contribution is 0.791. The molecule has 0 amide bonds. The zero-order valence-corrected chi connectivity index (χ0v) is 9.10. The summed E-state index contributed by atoms with van der Waals surface area (Å²) in [4.78, 5) is 16.0. The normalized spacial score (nSPS) is 15.3. The van der Waals surface area contributed by atoms with Crippen molar-refractivity contribution in [2.24, 2.45) is 0 Å². The number of aromatic nitrogens is 3. The van der Waals surface area contributed by atoms with Gasteiger partial charge in [0.2, 0.25) is 0 Å². The molecule has 4 nitrogen and oxygen atoms in total. The molecule has 1 N–H and O–H groups in total. The second-order valence-electron chi connectivity index (χ2n) is 4.35. The Morgan fingerprint density at radius 2 is 2.25 bits per heavy atom.